The van der Waals surface area contributed by atoms with Gasteiger partial charge in [0.15, 0.2) is 6.61 Å². The van der Waals surface area contributed by atoms with Crippen molar-refractivity contribution in [3.8, 4) is 11.5 Å². The van der Waals surface area contributed by atoms with E-state index in [1.165, 1.54) is 25.3 Å². The van der Waals surface area contributed by atoms with Gasteiger partial charge >= 0.3 is 5.69 Å². The molecular weight excluding hydrogens is 326 g/mol. The van der Waals surface area contributed by atoms with Crippen molar-refractivity contribution in [3.05, 3.63) is 28.3 Å². The molecule has 1 saturated heterocycles. The summed E-state index contributed by atoms with van der Waals surface area (Å²) in [6, 6.07) is 4.42. The second-order valence-corrected chi connectivity index (χ2v) is 5.07. The van der Waals surface area contributed by atoms with Gasteiger partial charge < -0.3 is 19.7 Å². The summed E-state index contributed by atoms with van der Waals surface area (Å²) in [7, 11) is 1.35. The molecule has 0 aromatic heterocycles. The number of carbonyl (C=O) groups excluding carboxylic acids is 1. The fourth-order valence-electron chi connectivity index (χ4n) is 2.29. The van der Waals surface area contributed by atoms with Crippen LogP contribution in [0, 0.1) is 10.1 Å². The number of hydrogen-bond donors (Lipinski definition) is 1. The van der Waals surface area contributed by atoms with Crippen LogP contribution in [-0.4, -0.2) is 55.1 Å². The lowest BCUT2D eigenvalue weighted by molar-refractivity contribution is -0.385. The smallest absolute Gasteiger partial charge is 0.311 e. The minimum absolute atomic E-state index is 0. The Bertz CT molecular complexity index is 569. The third kappa shape index (κ3) is 4.97. The van der Waals surface area contributed by atoms with E-state index in [9.17, 15) is 14.9 Å². The van der Waals surface area contributed by atoms with Crippen molar-refractivity contribution in [1.29, 1.82) is 0 Å². The van der Waals surface area contributed by atoms with Crippen LogP contribution in [0.5, 0.6) is 11.5 Å². The zero-order valence-electron chi connectivity index (χ0n) is 13.0. The molecule has 1 heterocycles. The van der Waals surface area contributed by atoms with E-state index in [2.05, 4.69) is 5.32 Å². The molecule has 1 fully saturated rings. The van der Waals surface area contributed by atoms with Crippen LogP contribution in [0.2, 0.25) is 0 Å². The van der Waals surface area contributed by atoms with E-state index in [1.54, 1.807) is 4.90 Å². The number of carbonyl (C=O) groups is 1. The molecule has 0 spiro atoms. The zero-order valence-corrected chi connectivity index (χ0v) is 13.8. The number of rotatable bonds is 5. The Morgan fingerprint density at radius 2 is 2.26 bits per heavy atom. The number of benzene rings is 1. The Hall–Kier alpha value is -2.06. The molecule has 0 bridgehead atoms. The van der Waals surface area contributed by atoms with E-state index in [-0.39, 0.29) is 42.4 Å². The number of piperazine rings is 1. The molecule has 1 unspecified atom stereocenters. The summed E-state index contributed by atoms with van der Waals surface area (Å²) in [5.74, 6) is 0.357. The standard InChI is InChI=1S/C14H19N3O5.ClH/c1-10-8-16(6-5-15-10)14(18)9-22-11-3-4-12(17(19)20)13(7-11)21-2;/h3-4,7,10,15H,5-6,8-9H2,1-2H3;1H. The summed E-state index contributed by atoms with van der Waals surface area (Å²) >= 11 is 0. The van der Waals surface area contributed by atoms with E-state index >= 15 is 0 Å². The van der Waals surface area contributed by atoms with Gasteiger partial charge in [0.25, 0.3) is 5.91 Å². The third-order valence-corrected chi connectivity index (χ3v) is 3.43. The largest absolute Gasteiger partial charge is 0.490 e. The lowest BCUT2D eigenvalue weighted by Crippen LogP contribution is -2.52. The van der Waals surface area contributed by atoms with Crippen LogP contribution >= 0.6 is 12.4 Å². The molecule has 23 heavy (non-hydrogen) atoms. The minimum Gasteiger partial charge on any atom is -0.490 e. The van der Waals surface area contributed by atoms with Crippen LogP contribution in [-0.2, 0) is 4.79 Å². The highest BCUT2D eigenvalue weighted by Gasteiger charge is 2.21. The van der Waals surface area contributed by atoms with Gasteiger partial charge in [0.2, 0.25) is 5.75 Å². The highest BCUT2D eigenvalue weighted by molar-refractivity contribution is 5.85. The molecule has 1 aliphatic rings. The quantitative estimate of drug-likeness (QED) is 0.637. The number of nitro groups is 1. The molecule has 1 atom stereocenters. The van der Waals surface area contributed by atoms with Gasteiger partial charge in [-0.3, -0.25) is 14.9 Å². The summed E-state index contributed by atoms with van der Waals surface area (Å²) in [6.07, 6.45) is 0. The SMILES string of the molecule is COc1cc(OCC(=O)N2CCNC(C)C2)ccc1[N+](=O)[O-].Cl. The first kappa shape index (κ1) is 19.0. The topological polar surface area (TPSA) is 93.9 Å². The monoisotopic (exact) mass is 345 g/mol. The van der Waals surface area contributed by atoms with Crippen LogP contribution in [0.4, 0.5) is 5.69 Å². The molecule has 0 radical (unpaired) electrons. The molecular formula is C14H20ClN3O5. The van der Waals surface area contributed by atoms with Crippen LogP contribution in [0.25, 0.3) is 0 Å². The number of methoxy groups -OCH3 is 1. The predicted molar refractivity (Wildman–Crippen MR) is 86.4 cm³/mol. The number of nitro benzene ring substituents is 1. The molecule has 1 aromatic carbocycles. The van der Waals surface area contributed by atoms with Crippen LogP contribution < -0.4 is 14.8 Å². The maximum absolute atomic E-state index is 12.1. The maximum atomic E-state index is 12.1. The van der Waals surface area contributed by atoms with Gasteiger partial charge in [-0.1, -0.05) is 0 Å². The van der Waals surface area contributed by atoms with Gasteiger partial charge in [0.05, 0.1) is 12.0 Å². The predicted octanol–water partition coefficient (Wildman–Crippen LogP) is 1.22. The van der Waals surface area contributed by atoms with Crippen molar-refractivity contribution >= 4 is 24.0 Å². The Morgan fingerprint density at radius 1 is 1.52 bits per heavy atom. The van der Waals surface area contributed by atoms with E-state index in [0.717, 1.165) is 6.54 Å². The average Bonchev–Trinajstić information content (AvgIpc) is 2.52. The number of nitrogens with one attached hydrogen (secondary N) is 1. The first-order valence-corrected chi connectivity index (χ1v) is 6.97. The lowest BCUT2D eigenvalue weighted by Gasteiger charge is -2.31. The van der Waals surface area contributed by atoms with Gasteiger partial charge in [-0.25, -0.2) is 0 Å². The number of ether oxygens (including phenoxy) is 2. The van der Waals surface area contributed by atoms with Crippen molar-refractivity contribution in [2.45, 2.75) is 13.0 Å². The maximum Gasteiger partial charge on any atom is 0.311 e. The number of amides is 1. The molecule has 1 aliphatic heterocycles. The normalized spacial score (nSPS) is 17.1. The summed E-state index contributed by atoms with van der Waals surface area (Å²) in [4.78, 5) is 24.1. The number of hydrogen-bond acceptors (Lipinski definition) is 6. The highest BCUT2D eigenvalue weighted by atomic mass is 35.5. The van der Waals surface area contributed by atoms with Crippen molar-refractivity contribution in [1.82, 2.24) is 10.2 Å². The van der Waals surface area contributed by atoms with Crippen molar-refractivity contribution < 1.29 is 19.2 Å². The molecule has 2 rings (SSSR count). The Kier molecular flexibility index (Phi) is 7.05. The third-order valence-electron chi connectivity index (χ3n) is 3.43. The van der Waals surface area contributed by atoms with Gasteiger partial charge in [-0.2, -0.15) is 0 Å². The highest BCUT2D eigenvalue weighted by Crippen LogP contribution is 2.30. The molecule has 0 aliphatic carbocycles. The lowest BCUT2D eigenvalue weighted by atomic mass is 10.2. The second kappa shape index (κ2) is 8.54. The van der Waals surface area contributed by atoms with Crippen molar-refractivity contribution in [3.63, 3.8) is 0 Å². The van der Waals surface area contributed by atoms with Gasteiger partial charge in [0.1, 0.15) is 5.75 Å². The van der Waals surface area contributed by atoms with Crippen molar-refractivity contribution in [2.75, 3.05) is 33.4 Å². The summed E-state index contributed by atoms with van der Waals surface area (Å²) in [5.41, 5.74) is -0.142. The Morgan fingerprint density at radius 3 is 2.87 bits per heavy atom. The van der Waals surface area contributed by atoms with Crippen LogP contribution in [0.15, 0.2) is 18.2 Å². The van der Waals surface area contributed by atoms with Gasteiger partial charge in [0, 0.05) is 37.8 Å². The summed E-state index contributed by atoms with van der Waals surface area (Å²) in [5, 5.41) is 14.1. The molecule has 8 nitrogen and oxygen atoms in total. The average molecular weight is 346 g/mol. The van der Waals surface area contributed by atoms with Crippen molar-refractivity contribution in [2.24, 2.45) is 0 Å². The minimum atomic E-state index is -0.532. The second-order valence-electron chi connectivity index (χ2n) is 5.07. The van der Waals surface area contributed by atoms with E-state index in [1.807, 2.05) is 6.92 Å². The molecule has 0 saturated carbocycles. The van der Waals surface area contributed by atoms with E-state index < -0.39 is 4.92 Å². The first-order chi connectivity index (χ1) is 10.5. The number of halogens is 1. The van der Waals surface area contributed by atoms with Crippen LogP contribution in [0.1, 0.15) is 6.92 Å². The zero-order chi connectivity index (χ0) is 16.1. The summed E-state index contributed by atoms with van der Waals surface area (Å²) in [6.45, 7) is 3.97. The van der Waals surface area contributed by atoms with E-state index in [0.29, 0.717) is 18.8 Å². The summed E-state index contributed by atoms with van der Waals surface area (Å²) < 4.78 is 10.4. The fourth-order valence-corrected chi connectivity index (χ4v) is 2.29. The molecule has 128 valence electrons. The van der Waals surface area contributed by atoms with Crippen LogP contribution in [0.3, 0.4) is 0 Å². The number of nitrogens with zero attached hydrogens (tertiary/aromatic N) is 2. The van der Waals surface area contributed by atoms with Gasteiger partial charge in [-0.05, 0) is 13.0 Å². The first-order valence-electron chi connectivity index (χ1n) is 6.97. The molecule has 9 heteroatoms. The van der Waals surface area contributed by atoms with E-state index in [4.69, 9.17) is 9.47 Å². The molecule has 1 aromatic rings. The molecule has 1 N–H and O–H groups in total. The molecule has 1 amide bonds. The van der Waals surface area contributed by atoms with Gasteiger partial charge in [-0.15, -0.1) is 12.4 Å². The Labute approximate surface area is 140 Å². The fraction of sp³-hybridized carbons (Fsp3) is 0.500. The Balaban J connectivity index is 0.00000264.